The third-order valence-corrected chi connectivity index (χ3v) is 18.3. The Morgan fingerprint density at radius 1 is 0.551 bits per heavy atom. The number of benzene rings is 3. The number of hydrogen-bond acceptors (Lipinski definition) is 18. The number of pyridine rings is 3. The predicted molar refractivity (Wildman–Crippen MR) is 377 cm³/mol. The SMILES string of the molecule is CC(=O)Cc1cc(-c2nc(-c3ccc(Cl)cc3Cl)c(-c3ncc(C#N)[nH]3)s2)ccn1.CC(=O)Cc1cc(-c2nc(-c3ccc(Cl)cc3Cl)c(-c3ncc(C(F)(F)F)[nH]3)s2)ccn1.CC(=O)Cc1cc(-c2nc(-c3ccc(Cl)cc3Cl)c(C=O)s2)ccn1.N.O.O=C(C(Br)Br)C(F)(F)F. The number of nitriles is 1. The number of H-pyrrole nitrogens is 2. The van der Waals surface area contributed by atoms with E-state index in [2.05, 4.69) is 76.7 Å². The summed E-state index contributed by atoms with van der Waals surface area (Å²) in [6.45, 7) is 4.51. The minimum Gasteiger partial charge on any atom is -0.412 e. The molecule has 0 fully saturated rings. The van der Waals surface area contributed by atoms with Crippen molar-refractivity contribution in [1.29, 1.82) is 5.26 Å². The molecule has 0 saturated carbocycles. The van der Waals surface area contributed by atoms with Crippen molar-refractivity contribution in [2.24, 2.45) is 0 Å². The van der Waals surface area contributed by atoms with Crippen molar-refractivity contribution in [1.82, 2.24) is 56.0 Å². The smallest absolute Gasteiger partial charge is 0.412 e. The minimum absolute atomic E-state index is 0. The Bertz CT molecular complexity index is 4790. The fraction of sp³-hybridized carbons (Fsp3) is 0.143. The van der Waals surface area contributed by atoms with E-state index in [0.717, 1.165) is 39.8 Å². The summed E-state index contributed by atoms with van der Waals surface area (Å²) < 4.78 is 71.9. The molecular formula is C63H44Br2Cl6F6N12O6S3. The summed E-state index contributed by atoms with van der Waals surface area (Å²) in [5, 5.41) is 13.7. The van der Waals surface area contributed by atoms with E-state index in [1.807, 2.05) is 24.3 Å². The van der Waals surface area contributed by atoms with Crippen LogP contribution in [0.3, 0.4) is 0 Å². The molecule has 98 heavy (non-hydrogen) atoms. The van der Waals surface area contributed by atoms with E-state index in [4.69, 9.17) is 79.9 Å². The van der Waals surface area contributed by atoms with Crippen molar-refractivity contribution < 1.29 is 55.8 Å². The van der Waals surface area contributed by atoms with Gasteiger partial charge in [0.2, 0.25) is 0 Å². The van der Waals surface area contributed by atoms with Gasteiger partial charge in [-0.15, -0.1) is 34.0 Å². The highest BCUT2D eigenvalue weighted by molar-refractivity contribution is 9.25. The molecule has 8 heterocycles. The number of rotatable bonds is 16. The molecule has 0 aliphatic heterocycles. The van der Waals surface area contributed by atoms with Gasteiger partial charge in [-0.05, 0) is 112 Å². The van der Waals surface area contributed by atoms with E-state index in [-0.39, 0.29) is 54.1 Å². The van der Waals surface area contributed by atoms with E-state index in [1.165, 1.54) is 55.7 Å². The number of thiazole rings is 3. The number of halogens is 14. The van der Waals surface area contributed by atoms with Crippen molar-refractivity contribution >= 4 is 165 Å². The van der Waals surface area contributed by atoms with Crippen LogP contribution in [0.25, 0.3) is 86.9 Å². The maximum absolute atomic E-state index is 13.1. The lowest BCUT2D eigenvalue weighted by molar-refractivity contribution is -0.168. The third kappa shape index (κ3) is 21.0. The maximum Gasteiger partial charge on any atom is 0.452 e. The largest absolute Gasteiger partial charge is 0.452 e. The van der Waals surface area contributed by atoms with Gasteiger partial charge in [-0.25, -0.2) is 24.9 Å². The van der Waals surface area contributed by atoms with Gasteiger partial charge >= 0.3 is 12.4 Å². The van der Waals surface area contributed by atoms with Crippen molar-refractivity contribution in [3.05, 3.63) is 185 Å². The van der Waals surface area contributed by atoms with Gasteiger partial charge in [0.25, 0.3) is 5.78 Å². The first-order valence-electron chi connectivity index (χ1n) is 27.0. The molecule has 508 valence electrons. The zero-order chi connectivity index (χ0) is 69.9. The first-order chi connectivity index (χ1) is 45.4. The van der Waals surface area contributed by atoms with E-state index in [1.54, 1.807) is 85.3 Å². The molecule has 0 amide bonds. The number of aldehydes is 1. The van der Waals surface area contributed by atoms with Gasteiger partial charge in [0.05, 0.1) is 59.2 Å². The lowest BCUT2D eigenvalue weighted by Gasteiger charge is -2.04. The van der Waals surface area contributed by atoms with E-state index < -0.39 is 27.6 Å². The average Bonchev–Trinajstić information content (AvgIpc) is 1.64. The Morgan fingerprint density at radius 3 is 1.23 bits per heavy atom. The second-order valence-electron chi connectivity index (χ2n) is 19.9. The predicted octanol–water partition coefficient (Wildman–Crippen LogP) is 19.0. The van der Waals surface area contributed by atoms with E-state index in [0.29, 0.717) is 123 Å². The van der Waals surface area contributed by atoms with Crippen LogP contribution in [0.1, 0.15) is 58.9 Å². The molecule has 18 nitrogen and oxygen atoms in total. The molecule has 0 aliphatic rings. The molecule has 0 saturated heterocycles. The van der Waals surface area contributed by atoms with Gasteiger partial charge < -0.3 is 21.6 Å². The van der Waals surface area contributed by atoms with Gasteiger partial charge in [0.15, 0.2) is 12.1 Å². The van der Waals surface area contributed by atoms with Gasteiger partial charge in [0.1, 0.15) is 59.4 Å². The number of aromatic amines is 2. The van der Waals surface area contributed by atoms with Crippen LogP contribution in [0, 0.1) is 11.3 Å². The molecule has 0 unspecified atom stereocenters. The Hall–Kier alpha value is -7.54. The topological polar surface area (TPSA) is 310 Å². The summed E-state index contributed by atoms with van der Waals surface area (Å²) in [5.74, 6) is -1.27. The normalized spacial score (nSPS) is 10.9. The first kappa shape index (κ1) is 79.4. The molecule has 11 aromatic rings. The van der Waals surface area contributed by atoms with E-state index in [9.17, 15) is 50.3 Å². The number of hydrogen-bond donors (Lipinski definition) is 3. The molecular weight excluding hydrogens is 1600 g/mol. The van der Waals surface area contributed by atoms with Crippen LogP contribution < -0.4 is 6.15 Å². The highest BCUT2D eigenvalue weighted by atomic mass is 79.9. The molecule has 0 spiro atoms. The number of carbonyl (C=O) groups excluding carboxylic acids is 5. The molecule has 7 N–H and O–H groups in total. The second-order valence-corrected chi connectivity index (χ2v) is 28.5. The number of ketones is 4. The molecule has 0 radical (unpaired) electrons. The molecule has 0 atom stereocenters. The second kappa shape index (κ2) is 35.0. The van der Waals surface area contributed by atoms with Gasteiger partial charge in [0, 0.05) is 103 Å². The van der Waals surface area contributed by atoms with E-state index >= 15 is 0 Å². The average molecular weight is 1650 g/mol. The minimum atomic E-state index is -4.75. The zero-order valence-electron chi connectivity index (χ0n) is 50.1. The Balaban J connectivity index is 0.000000217. The van der Waals surface area contributed by atoms with Crippen LogP contribution in [0.5, 0.6) is 0 Å². The molecule has 0 bridgehead atoms. The van der Waals surface area contributed by atoms with Crippen LogP contribution in [0.4, 0.5) is 26.3 Å². The third-order valence-electron chi connectivity index (χ3n) is 12.5. The Morgan fingerprint density at radius 2 is 0.918 bits per heavy atom. The monoisotopic (exact) mass is 1640 g/mol. The van der Waals surface area contributed by atoms with Crippen molar-refractivity contribution in [3.63, 3.8) is 0 Å². The van der Waals surface area contributed by atoms with Crippen molar-refractivity contribution in [2.75, 3.05) is 0 Å². The lowest BCUT2D eigenvalue weighted by atomic mass is 10.1. The fourth-order valence-electron chi connectivity index (χ4n) is 8.43. The standard InChI is InChI=1S/C21H13Cl2F3N4OS.C21H13Cl2N5OS.C18H12Cl2N2O2S.C3HBr2F3O.H3N.H2O/c1-10(31)6-13-7-11(4-5-27-13)20-30-17(14-3-2-12(22)8-15(14)23)18(32-20)19-28-9-16(29-19)21(24,25)26;1-11(29)6-14-7-12(4-5-25-14)21-28-18(16-3-2-13(22)8-17(16)23)19(30-21)20-26-10-15(9-24)27-20;1-10(24)6-13-7-11(4-5-21-13)18-22-17(16(9-23)25-18)14-3-2-12(19)8-15(14)20;4-2(5)1(9)3(6,7)8;;/h2-5,7-9H,6H2,1H3,(H,28,29);2-5,7-8,10H,6H2,1H3,(H,26,27);2-5,7-9H,6H2,1H3;2H;1H3;1H2. The number of nitrogens with zero attached hydrogens (tertiary/aromatic N) is 9. The number of Topliss-reactive ketones (excluding diaryl/α,β-unsaturated/α-hetero) is 4. The number of nitrogens with one attached hydrogen (secondary N) is 2. The summed E-state index contributed by atoms with van der Waals surface area (Å²) in [4.78, 5) is 97.4. The molecule has 35 heteroatoms. The van der Waals surface area contributed by atoms with Gasteiger partial charge in [-0.3, -0.25) is 38.9 Å². The fourth-order valence-corrected chi connectivity index (χ4v) is 13.4. The summed E-state index contributed by atoms with van der Waals surface area (Å²) in [5.41, 5.74) is 6.93. The lowest BCUT2D eigenvalue weighted by Crippen LogP contribution is -2.27. The molecule has 8 aromatic heterocycles. The number of alkyl halides is 8. The highest BCUT2D eigenvalue weighted by Crippen LogP contribution is 2.45. The number of carbonyl (C=O) groups is 5. The summed E-state index contributed by atoms with van der Waals surface area (Å²) in [6, 6.07) is 27.8. The van der Waals surface area contributed by atoms with Crippen LogP contribution in [-0.2, 0) is 44.6 Å². The quantitative estimate of drug-likeness (QED) is 0.0460. The van der Waals surface area contributed by atoms with Gasteiger partial charge in [-0.1, -0.05) is 101 Å². The summed E-state index contributed by atoms with van der Waals surface area (Å²) >= 11 is 45.7. The van der Waals surface area contributed by atoms with Gasteiger partial charge in [-0.2, -0.15) is 31.6 Å². The molecule has 0 aliphatic carbocycles. The summed E-state index contributed by atoms with van der Waals surface area (Å²) in [7, 11) is 0. The Labute approximate surface area is 611 Å². The van der Waals surface area contributed by atoms with Crippen molar-refractivity contribution in [3.8, 4) is 93.0 Å². The van der Waals surface area contributed by atoms with Crippen LogP contribution >= 0.6 is 135 Å². The maximum atomic E-state index is 13.1. The van der Waals surface area contributed by atoms with Crippen LogP contribution in [-0.4, -0.2) is 94.6 Å². The zero-order valence-corrected chi connectivity index (χ0v) is 60.3. The van der Waals surface area contributed by atoms with Crippen molar-refractivity contribution in [2.45, 2.75) is 56.1 Å². The molecule has 3 aromatic carbocycles. The highest BCUT2D eigenvalue weighted by Gasteiger charge is 2.41. The number of aromatic nitrogens is 10. The summed E-state index contributed by atoms with van der Waals surface area (Å²) in [6.07, 6.45) is -0.831. The number of imidazole rings is 2. The molecule has 11 rings (SSSR count). The van der Waals surface area contributed by atoms with Crippen LogP contribution in [0.15, 0.2) is 122 Å². The van der Waals surface area contributed by atoms with Crippen LogP contribution in [0.2, 0.25) is 30.1 Å². The Kier molecular flexibility index (Phi) is 28.4. The first-order valence-corrected chi connectivity index (χ1v) is 33.6.